The van der Waals surface area contributed by atoms with Crippen molar-refractivity contribution < 1.29 is 4.74 Å². The molecule has 0 aromatic carbocycles. The minimum Gasteiger partial charge on any atom is -0.492 e. The third-order valence-corrected chi connectivity index (χ3v) is 8.74. The largest absolute Gasteiger partial charge is 0.492 e. The fourth-order valence-corrected chi connectivity index (χ4v) is 6.39. The Morgan fingerprint density at radius 2 is 1.24 bits per heavy atom. The third kappa shape index (κ3) is 10.4. The number of aryl methyl sites for hydroxylation is 1. The standard InChI is InChI=1S/C31H53NO/c1-3-5-6-7-8-24-33-31-23-22-30(32-25-31)21-20-29-18-16-28(17-19-29)15-14-27-12-10-26(9-4-2)11-13-27/h22-23,25-29H,3-21,24H2,1-2H3. The summed E-state index contributed by atoms with van der Waals surface area (Å²) in [6, 6.07) is 4.31. The predicted molar refractivity (Wildman–Crippen MR) is 142 cm³/mol. The quantitative estimate of drug-likeness (QED) is 0.246. The average Bonchev–Trinajstić information content (AvgIpc) is 2.86. The van der Waals surface area contributed by atoms with E-state index >= 15 is 0 Å². The molecule has 0 spiro atoms. The van der Waals surface area contributed by atoms with E-state index in [1.165, 1.54) is 115 Å². The molecule has 1 heterocycles. The van der Waals surface area contributed by atoms with E-state index in [-0.39, 0.29) is 0 Å². The van der Waals surface area contributed by atoms with Crippen LogP contribution in [-0.4, -0.2) is 11.6 Å². The lowest BCUT2D eigenvalue weighted by Gasteiger charge is -2.32. The SMILES string of the molecule is CCCCCCCOc1ccc(CCC2CCC(CCC3CCC(CCC)CC3)CC2)nc1. The summed E-state index contributed by atoms with van der Waals surface area (Å²) in [5.41, 5.74) is 1.24. The highest BCUT2D eigenvalue weighted by Crippen LogP contribution is 2.38. The zero-order chi connectivity index (χ0) is 23.1. The van der Waals surface area contributed by atoms with Gasteiger partial charge >= 0.3 is 0 Å². The van der Waals surface area contributed by atoms with E-state index in [0.717, 1.165) is 48.9 Å². The van der Waals surface area contributed by atoms with E-state index in [1.807, 2.05) is 6.20 Å². The molecule has 2 saturated carbocycles. The number of hydrogen-bond acceptors (Lipinski definition) is 2. The van der Waals surface area contributed by atoms with Crippen LogP contribution in [0, 0.1) is 23.7 Å². The maximum atomic E-state index is 5.87. The molecule has 1 aromatic rings. The van der Waals surface area contributed by atoms with Crippen LogP contribution in [0.4, 0.5) is 0 Å². The molecule has 33 heavy (non-hydrogen) atoms. The summed E-state index contributed by atoms with van der Waals surface area (Å²) in [7, 11) is 0. The fraction of sp³-hybridized carbons (Fsp3) is 0.839. The summed E-state index contributed by atoms with van der Waals surface area (Å²) >= 11 is 0. The van der Waals surface area contributed by atoms with Gasteiger partial charge in [-0.3, -0.25) is 4.98 Å². The van der Waals surface area contributed by atoms with Gasteiger partial charge in [0.1, 0.15) is 5.75 Å². The Balaban J connectivity index is 1.23. The van der Waals surface area contributed by atoms with Crippen molar-refractivity contribution in [1.29, 1.82) is 0 Å². The van der Waals surface area contributed by atoms with Gasteiger partial charge in [-0.2, -0.15) is 0 Å². The molecule has 0 atom stereocenters. The van der Waals surface area contributed by atoms with Crippen LogP contribution in [0.15, 0.2) is 18.3 Å². The lowest BCUT2D eigenvalue weighted by atomic mass is 9.74. The van der Waals surface area contributed by atoms with Crippen molar-refractivity contribution in [2.45, 2.75) is 136 Å². The van der Waals surface area contributed by atoms with E-state index in [2.05, 4.69) is 31.0 Å². The molecule has 0 aliphatic heterocycles. The summed E-state index contributed by atoms with van der Waals surface area (Å²) < 4.78 is 5.87. The van der Waals surface area contributed by atoms with Gasteiger partial charge in [0.25, 0.3) is 0 Å². The van der Waals surface area contributed by atoms with Gasteiger partial charge in [0, 0.05) is 5.69 Å². The van der Waals surface area contributed by atoms with Gasteiger partial charge in [-0.15, -0.1) is 0 Å². The van der Waals surface area contributed by atoms with Crippen molar-refractivity contribution in [2.75, 3.05) is 6.61 Å². The van der Waals surface area contributed by atoms with Gasteiger partial charge < -0.3 is 4.74 Å². The molecular formula is C31H53NO. The minimum atomic E-state index is 0.827. The highest BCUT2D eigenvalue weighted by atomic mass is 16.5. The number of ether oxygens (including phenoxy) is 1. The molecule has 0 unspecified atom stereocenters. The zero-order valence-electron chi connectivity index (χ0n) is 22.0. The molecule has 188 valence electrons. The number of unbranched alkanes of at least 4 members (excludes halogenated alkanes) is 4. The first-order chi connectivity index (χ1) is 16.3. The first kappa shape index (κ1) is 26.6. The molecule has 2 aliphatic carbocycles. The van der Waals surface area contributed by atoms with Crippen LogP contribution in [0.1, 0.15) is 135 Å². The molecule has 2 fully saturated rings. The minimum absolute atomic E-state index is 0.827. The average molecular weight is 456 g/mol. The highest BCUT2D eigenvalue weighted by molar-refractivity contribution is 5.19. The smallest absolute Gasteiger partial charge is 0.137 e. The van der Waals surface area contributed by atoms with Gasteiger partial charge in [0.15, 0.2) is 0 Å². The van der Waals surface area contributed by atoms with Gasteiger partial charge in [0.2, 0.25) is 0 Å². The zero-order valence-corrected chi connectivity index (χ0v) is 22.0. The maximum absolute atomic E-state index is 5.87. The number of rotatable bonds is 15. The third-order valence-electron chi connectivity index (χ3n) is 8.74. The lowest BCUT2D eigenvalue weighted by molar-refractivity contribution is 0.209. The Kier molecular flexibility index (Phi) is 12.7. The number of pyridine rings is 1. The molecule has 3 rings (SSSR count). The van der Waals surface area contributed by atoms with E-state index in [9.17, 15) is 0 Å². The Morgan fingerprint density at radius 3 is 1.79 bits per heavy atom. The van der Waals surface area contributed by atoms with Crippen LogP contribution < -0.4 is 4.74 Å². The molecule has 0 N–H and O–H groups in total. The molecule has 1 aromatic heterocycles. The normalized spacial score (nSPS) is 25.8. The Morgan fingerprint density at radius 1 is 0.667 bits per heavy atom. The molecule has 0 amide bonds. The summed E-state index contributed by atoms with van der Waals surface area (Å²) in [6.07, 6.45) is 28.6. The first-order valence-corrected chi connectivity index (χ1v) is 14.8. The summed E-state index contributed by atoms with van der Waals surface area (Å²) in [5.74, 6) is 4.99. The van der Waals surface area contributed by atoms with Gasteiger partial charge in [0.05, 0.1) is 12.8 Å². The van der Waals surface area contributed by atoms with Crippen LogP contribution in [0.25, 0.3) is 0 Å². The second-order valence-electron chi connectivity index (χ2n) is 11.4. The fourth-order valence-electron chi connectivity index (χ4n) is 6.39. The Hall–Kier alpha value is -1.05. The molecule has 0 bridgehead atoms. The van der Waals surface area contributed by atoms with Crippen molar-refractivity contribution in [2.24, 2.45) is 23.7 Å². The van der Waals surface area contributed by atoms with Crippen LogP contribution in [0.2, 0.25) is 0 Å². The van der Waals surface area contributed by atoms with Gasteiger partial charge in [-0.25, -0.2) is 0 Å². The summed E-state index contributed by atoms with van der Waals surface area (Å²) in [5, 5.41) is 0. The first-order valence-electron chi connectivity index (χ1n) is 14.8. The molecule has 2 aliphatic rings. The van der Waals surface area contributed by atoms with E-state index in [0.29, 0.717) is 0 Å². The maximum Gasteiger partial charge on any atom is 0.137 e. The van der Waals surface area contributed by atoms with E-state index in [4.69, 9.17) is 4.74 Å². The van der Waals surface area contributed by atoms with Crippen molar-refractivity contribution in [3.63, 3.8) is 0 Å². The van der Waals surface area contributed by atoms with Crippen molar-refractivity contribution in [3.05, 3.63) is 24.0 Å². The second-order valence-corrected chi connectivity index (χ2v) is 11.4. The van der Waals surface area contributed by atoms with E-state index < -0.39 is 0 Å². The van der Waals surface area contributed by atoms with E-state index in [1.54, 1.807) is 0 Å². The summed E-state index contributed by atoms with van der Waals surface area (Å²) in [6.45, 7) is 5.44. The summed E-state index contributed by atoms with van der Waals surface area (Å²) in [4.78, 5) is 4.68. The number of aromatic nitrogens is 1. The lowest BCUT2D eigenvalue weighted by Crippen LogP contribution is -2.18. The molecule has 0 saturated heterocycles. The van der Waals surface area contributed by atoms with Crippen molar-refractivity contribution in [3.8, 4) is 5.75 Å². The Bertz CT molecular complexity index is 596. The topological polar surface area (TPSA) is 22.1 Å². The number of hydrogen-bond donors (Lipinski definition) is 0. The molecule has 0 radical (unpaired) electrons. The van der Waals surface area contributed by atoms with Gasteiger partial charge in [-0.05, 0) is 55.1 Å². The molecule has 2 heteroatoms. The van der Waals surface area contributed by atoms with Gasteiger partial charge in [-0.1, -0.05) is 117 Å². The van der Waals surface area contributed by atoms with Crippen molar-refractivity contribution >= 4 is 0 Å². The highest BCUT2D eigenvalue weighted by Gasteiger charge is 2.24. The Labute approximate surface area is 205 Å². The van der Waals surface area contributed by atoms with Crippen LogP contribution in [-0.2, 0) is 6.42 Å². The molecular weight excluding hydrogens is 402 g/mol. The van der Waals surface area contributed by atoms with Crippen LogP contribution in [0.3, 0.4) is 0 Å². The van der Waals surface area contributed by atoms with Crippen LogP contribution >= 0.6 is 0 Å². The van der Waals surface area contributed by atoms with Crippen LogP contribution in [0.5, 0.6) is 5.75 Å². The van der Waals surface area contributed by atoms with Crippen molar-refractivity contribution in [1.82, 2.24) is 4.98 Å². The monoisotopic (exact) mass is 455 g/mol. The predicted octanol–water partition coefficient (Wildman–Crippen LogP) is 9.56. The number of nitrogens with zero attached hydrogens (tertiary/aromatic N) is 1. The molecule has 2 nitrogen and oxygen atoms in total. The second kappa shape index (κ2) is 15.8.